The SMILES string of the molecule is Cc1ccc(-c2nc(CNC(C)C)cs2)cc1. The number of rotatable bonds is 4. The van der Waals surface area contributed by atoms with E-state index in [4.69, 9.17) is 0 Å². The molecule has 90 valence electrons. The fourth-order valence-electron chi connectivity index (χ4n) is 1.53. The van der Waals surface area contributed by atoms with Crippen LogP contribution in [-0.4, -0.2) is 11.0 Å². The van der Waals surface area contributed by atoms with Crippen LogP contribution in [0.4, 0.5) is 0 Å². The van der Waals surface area contributed by atoms with E-state index in [1.54, 1.807) is 11.3 Å². The second kappa shape index (κ2) is 5.43. The van der Waals surface area contributed by atoms with Gasteiger partial charge in [-0.05, 0) is 6.92 Å². The Hall–Kier alpha value is -1.19. The van der Waals surface area contributed by atoms with E-state index in [-0.39, 0.29) is 0 Å². The Bertz CT molecular complexity index is 471. The van der Waals surface area contributed by atoms with Gasteiger partial charge in [-0.1, -0.05) is 43.7 Å². The summed E-state index contributed by atoms with van der Waals surface area (Å²) >= 11 is 1.71. The van der Waals surface area contributed by atoms with E-state index in [9.17, 15) is 0 Å². The van der Waals surface area contributed by atoms with Gasteiger partial charge in [0.15, 0.2) is 0 Å². The number of aromatic nitrogens is 1. The van der Waals surface area contributed by atoms with E-state index >= 15 is 0 Å². The lowest BCUT2D eigenvalue weighted by molar-refractivity contribution is 0.583. The van der Waals surface area contributed by atoms with Crippen molar-refractivity contribution < 1.29 is 0 Å². The summed E-state index contributed by atoms with van der Waals surface area (Å²) < 4.78 is 0. The van der Waals surface area contributed by atoms with Crippen LogP contribution in [-0.2, 0) is 6.54 Å². The summed E-state index contributed by atoms with van der Waals surface area (Å²) in [6.07, 6.45) is 0. The molecule has 0 aliphatic carbocycles. The summed E-state index contributed by atoms with van der Waals surface area (Å²) in [5, 5.41) is 6.61. The highest BCUT2D eigenvalue weighted by Crippen LogP contribution is 2.23. The molecule has 17 heavy (non-hydrogen) atoms. The van der Waals surface area contributed by atoms with Gasteiger partial charge < -0.3 is 5.32 Å². The van der Waals surface area contributed by atoms with E-state index in [0.29, 0.717) is 6.04 Å². The zero-order valence-electron chi connectivity index (χ0n) is 10.5. The maximum Gasteiger partial charge on any atom is 0.123 e. The maximum atomic E-state index is 4.64. The normalized spacial score (nSPS) is 11.1. The van der Waals surface area contributed by atoms with Crippen LogP contribution in [0.15, 0.2) is 29.6 Å². The number of nitrogens with zero attached hydrogens (tertiary/aromatic N) is 1. The summed E-state index contributed by atoms with van der Waals surface area (Å²) in [6, 6.07) is 9.02. The Morgan fingerprint density at radius 2 is 1.94 bits per heavy atom. The molecule has 0 aliphatic heterocycles. The van der Waals surface area contributed by atoms with Crippen LogP contribution < -0.4 is 5.32 Å². The zero-order chi connectivity index (χ0) is 12.3. The molecule has 1 heterocycles. The van der Waals surface area contributed by atoms with Gasteiger partial charge in [-0.2, -0.15) is 0 Å². The molecule has 0 bridgehead atoms. The first-order chi connectivity index (χ1) is 8.15. The third-order valence-corrected chi connectivity index (χ3v) is 3.48. The van der Waals surface area contributed by atoms with Gasteiger partial charge in [-0.15, -0.1) is 11.3 Å². The molecular formula is C14H18N2S. The van der Waals surface area contributed by atoms with Crippen LogP contribution in [0.1, 0.15) is 25.1 Å². The van der Waals surface area contributed by atoms with Crippen molar-refractivity contribution in [3.8, 4) is 10.6 Å². The molecular weight excluding hydrogens is 228 g/mol. The predicted molar refractivity (Wildman–Crippen MR) is 74.3 cm³/mol. The van der Waals surface area contributed by atoms with E-state index in [0.717, 1.165) is 17.2 Å². The van der Waals surface area contributed by atoms with Crippen molar-refractivity contribution in [1.29, 1.82) is 0 Å². The molecule has 1 aromatic heterocycles. The van der Waals surface area contributed by atoms with Gasteiger partial charge in [0.25, 0.3) is 0 Å². The van der Waals surface area contributed by atoms with Crippen LogP contribution in [0.2, 0.25) is 0 Å². The molecule has 2 nitrogen and oxygen atoms in total. The van der Waals surface area contributed by atoms with Crippen molar-refractivity contribution in [1.82, 2.24) is 10.3 Å². The second-order valence-electron chi connectivity index (χ2n) is 4.55. The van der Waals surface area contributed by atoms with Crippen LogP contribution in [0.3, 0.4) is 0 Å². The van der Waals surface area contributed by atoms with Crippen molar-refractivity contribution in [2.45, 2.75) is 33.4 Å². The highest BCUT2D eigenvalue weighted by Gasteiger charge is 2.04. The summed E-state index contributed by atoms with van der Waals surface area (Å²) in [7, 11) is 0. The number of thiazole rings is 1. The number of hydrogen-bond acceptors (Lipinski definition) is 3. The lowest BCUT2D eigenvalue weighted by Gasteiger charge is -2.04. The van der Waals surface area contributed by atoms with Crippen molar-refractivity contribution in [2.24, 2.45) is 0 Å². The van der Waals surface area contributed by atoms with Crippen molar-refractivity contribution in [3.63, 3.8) is 0 Å². The van der Waals surface area contributed by atoms with Gasteiger partial charge in [0.1, 0.15) is 5.01 Å². The number of hydrogen-bond donors (Lipinski definition) is 1. The van der Waals surface area contributed by atoms with Gasteiger partial charge in [0, 0.05) is 23.5 Å². The van der Waals surface area contributed by atoms with Gasteiger partial charge >= 0.3 is 0 Å². The van der Waals surface area contributed by atoms with Crippen molar-refractivity contribution in [3.05, 3.63) is 40.9 Å². The molecule has 0 spiro atoms. The minimum absolute atomic E-state index is 0.500. The monoisotopic (exact) mass is 246 g/mol. The maximum absolute atomic E-state index is 4.64. The molecule has 0 fully saturated rings. The molecule has 0 saturated carbocycles. The molecule has 3 heteroatoms. The fourth-order valence-corrected chi connectivity index (χ4v) is 2.35. The zero-order valence-corrected chi connectivity index (χ0v) is 11.3. The Morgan fingerprint density at radius 1 is 1.24 bits per heavy atom. The average Bonchev–Trinajstić information content (AvgIpc) is 2.76. The van der Waals surface area contributed by atoms with Gasteiger partial charge in [-0.3, -0.25) is 0 Å². The summed E-state index contributed by atoms with van der Waals surface area (Å²) in [5.74, 6) is 0. The third kappa shape index (κ3) is 3.38. The molecule has 0 aliphatic rings. The lowest BCUT2D eigenvalue weighted by atomic mass is 10.2. The van der Waals surface area contributed by atoms with Crippen LogP contribution in [0.25, 0.3) is 10.6 Å². The Kier molecular flexibility index (Phi) is 3.92. The first kappa shape index (κ1) is 12.3. The highest BCUT2D eigenvalue weighted by atomic mass is 32.1. The molecule has 0 saturated heterocycles. The Morgan fingerprint density at radius 3 is 2.59 bits per heavy atom. The second-order valence-corrected chi connectivity index (χ2v) is 5.40. The van der Waals surface area contributed by atoms with Gasteiger partial charge in [0.2, 0.25) is 0 Å². The van der Waals surface area contributed by atoms with Crippen LogP contribution in [0, 0.1) is 6.92 Å². The molecule has 0 unspecified atom stereocenters. The van der Waals surface area contributed by atoms with E-state index in [1.165, 1.54) is 11.1 Å². The first-order valence-corrected chi connectivity index (χ1v) is 6.78. The van der Waals surface area contributed by atoms with Crippen molar-refractivity contribution >= 4 is 11.3 Å². The topological polar surface area (TPSA) is 24.9 Å². The number of nitrogens with one attached hydrogen (secondary N) is 1. The first-order valence-electron chi connectivity index (χ1n) is 5.90. The summed E-state index contributed by atoms with van der Waals surface area (Å²) in [6.45, 7) is 7.24. The molecule has 0 atom stereocenters. The van der Waals surface area contributed by atoms with Crippen LogP contribution >= 0.6 is 11.3 Å². The Labute approximate surface area is 107 Å². The summed E-state index contributed by atoms with van der Waals surface area (Å²) in [4.78, 5) is 4.64. The van der Waals surface area contributed by atoms with Crippen molar-refractivity contribution in [2.75, 3.05) is 0 Å². The Balaban J connectivity index is 2.10. The van der Waals surface area contributed by atoms with Gasteiger partial charge in [0.05, 0.1) is 5.69 Å². The molecule has 1 N–H and O–H groups in total. The third-order valence-electron chi connectivity index (χ3n) is 2.54. The molecule has 1 aromatic carbocycles. The average molecular weight is 246 g/mol. The van der Waals surface area contributed by atoms with E-state index < -0.39 is 0 Å². The number of aryl methyl sites for hydroxylation is 1. The van der Waals surface area contributed by atoms with Gasteiger partial charge in [-0.25, -0.2) is 4.98 Å². The smallest absolute Gasteiger partial charge is 0.123 e. The van der Waals surface area contributed by atoms with Crippen LogP contribution in [0.5, 0.6) is 0 Å². The number of benzene rings is 1. The molecule has 2 aromatic rings. The molecule has 0 radical (unpaired) electrons. The molecule has 2 rings (SSSR count). The van der Waals surface area contributed by atoms with E-state index in [1.807, 2.05) is 0 Å². The fraction of sp³-hybridized carbons (Fsp3) is 0.357. The molecule has 0 amide bonds. The standard InChI is InChI=1S/C14H18N2S/c1-10(2)15-8-13-9-17-14(16-13)12-6-4-11(3)5-7-12/h4-7,9-10,15H,8H2,1-3H3. The quantitative estimate of drug-likeness (QED) is 0.891. The largest absolute Gasteiger partial charge is 0.309 e. The summed E-state index contributed by atoms with van der Waals surface area (Å²) in [5.41, 5.74) is 3.61. The minimum atomic E-state index is 0.500. The minimum Gasteiger partial charge on any atom is -0.309 e. The predicted octanol–water partition coefficient (Wildman–Crippen LogP) is 3.62. The lowest BCUT2D eigenvalue weighted by Crippen LogP contribution is -2.21. The highest BCUT2D eigenvalue weighted by molar-refractivity contribution is 7.13. The van der Waals surface area contributed by atoms with E-state index in [2.05, 4.69) is 60.7 Å².